The van der Waals surface area contributed by atoms with Gasteiger partial charge in [-0.25, -0.2) is 0 Å². The topological polar surface area (TPSA) is 58.4 Å². The van der Waals surface area contributed by atoms with Gasteiger partial charge in [-0.05, 0) is 25.8 Å². The first-order valence-corrected chi connectivity index (χ1v) is 6.89. The van der Waals surface area contributed by atoms with Crippen molar-refractivity contribution in [1.82, 2.24) is 10.2 Å². The number of nitrogens with two attached hydrogens (primary N) is 1. The molecular formula is C13H29N3O. The normalized spacial score (nSPS) is 11.2. The van der Waals surface area contributed by atoms with Crippen molar-refractivity contribution in [3.05, 3.63) is 0 Å². The van der Waals surface area contributed by atoms with Crippen LogP contribution in [0, 0.1) is 0 Å². The molecule has 0 aromatic carbocycles. The molecule has 0 unspecified atom stereocenters. The number of hydrogen-bond donors (Lipinski definition) is 2. The Kier molecular flexibility index (Phi) is 10.2. The van der Waals surface area contributed by atoms with Crippen LogP contribution in [-0.2, 0) is 4.79 Å². The van der Waals surface area contributed by atoms with Crippen molar-refractivity contribution in [3.8, 4) is 0 Å². The van der Waals surface area contributed by atoms with Gasteiger partial charge in [-0.15, -0.1) is 0 Å². The second-order valence-corrected chi connectivity index (χ2v) is 4.50. The van der Waals surface area contributed by atoms with Gasteiger partial charge in [-0.3, -0.25) is 9.69 Å². The highest BCUT2D eigenvalue weighted by Gasteiger charge is 2.12. The summed E-state index contributed by atoms with van der Waals surface area (Å²) in [6.45, 7) is 9.22. The highest BCUT2D eigenvalue weighted by molar-refractivity contribution is 5.78. The van der Waals surface area contributed by atoms with Gasteiger partial charge in [0.2, 0.25) is 5.91 Å². The molecule has 3 N–H and O–H groups in total. The average molecular weight is 243 g/mol. The molecule has 0 bridgehead atoms. The molecule has 0 aliphatic carbocycles. The highest BCUT2D eigenvalue weighted by Crippen LogP contribution is 1.98. The summed E-state index contributed by atoms with van der Waals surface area (Å²) in [5, 5.41) is 3.06. The number of rotatable bonds is 10. The molecular weight excluding hydrogens is 214 g/mol. The molecule has 102 valence electrons. The standard InChI is InChI=1S/C13H29N3O/c1-4-7-9-16(10-8-14)11-13(17)15-12(5-2)6-3/h12H,4-11,14H2,1-3H3,(H,15,17). The van der Waals surface area contributed by atoms with Gasteiger partial charge in [-0.1, -0.05) is 27.2 Å². The van der Waals surface area contributed by atoms with Crippen LogP contribution in [0.4, 0.5) is 0 Å². The van der Waals surface area contributed by atoms with E-state index in [1.54, 1.807) is 0 Å². The van der Waals surface area contributed by atoms with Gasteiger partial charge >= 0.3 is 0 Å². The van der Waals surface area contributed by atoms with E-state index in [1.165, 1.54) is 0 Å². The van der Waals surface area contributed by atoms with Gasteiger partial charge in [-0.2, -0.15) is 0 Å². The quantitative estimate of drug-likeness (QED) is 0.609. The summed E-state index contributed by atoms with van der Waals surface area (Å²) >= 11 is 0. The molecule has 0 saturated heterocycles. The molecule has 0 atom stereocenters. The van der Waals surface area contributed by atoms with Gasteiger partial charge in [0.15, 0.2) is 0 Å². The summed E-state index contributed by atoms with van der Waals surface area (Å²) in [7, 11) is 0. The van der Waals surface area contributed by atoms with E-state index in [1.807, 2.05) is 0 Å². The molecule has 0 aromatic rings. The Morgan fingerprint density at radius 2 is 1.88 bits per heavy atom. The second-order valence-electron chi connectivity index (χ2n) is 4.50. The van der Waals surface area contributed by atoms with Crippen LogP contribution >= 0.6 is 0 Å². The first-order chi connectivity index (χ1) is 8.17. The summed E-state index contributed by atoms with van der Waals surface area (Å²) < 4.78 is 0. The number of unbranched alkanes of at least 4 members (excludes halogenated alkanes) is 1. The fraction of sp³-hybridized carbons (Fsp3) is 0.923. The van der Waals surface area contributed by atoms with E-state index in [9.17, 15) is 4.79 Å². The zero-order valence-electron chi connectivity index (χ0n) is 11.7. The minimum atomic E-state index is 0.128. The van der Waals surface area contributed by atoms with Gasteiger partial charge < -0.3 is 11.1 Å². The SMILES string of the molecule is CCCCN(CCN)CC(=O)NC(CC)CC. The molecule has 17 heavy (non-hydrogen) atoms. The fourth-order valence-corrected chi connectivity index (χ4v) is 1.80. The lowest BCUT2D eigenvalue weighted by Crippen LogP contribution is -2.43. The molecule has 4 nitrogen and oxygen atoms in total. The van der Waals surface area contributed by atoms with Crippen LogP contribution in [0.2, 0.25) is 0 Å². The Balaban J connectivity index is 4.01. The zero-order valence-corrected chi connectivity index (χ0v) is 11.7. The maximum Gasteiger partial charge on any atom is 0.234 e. The van der Waals surface area contributed by atoms with Gasteiger partial charge in [0.1, 0.15) is 0 Å². The van der Waals surface area contributed by atoms with Crippen LogP contribution in [0.25, 0.3) is 0 Å². The van der Waals surface area contributed by atoms with E-state index in [4.69, 9.17) is 5.73 Å². The summed E-state index contributed by atoms with van der Waals surface area (Å²) in [5.74, 6) is 0.128. The first kappa shape index (κ1) is 16.4. The molecule has 4 heteroatoms. The first-order valence-electron chi connectivity index (χ1n) is 6.89. The zero-order chi connectivity index (χ0) is 13.1. The number of carbonyl (C=O) groups excluding carboxylic acids is 1. The van der Waals surface area contributed by atoms with E-state index in [0.29, 0.717) is 19.1 Å². The molecule has 0 saturated carbocycles. The third-order valence-corrected chi connectivity index (χ3v) is 2.99. The number of nitrogens with zero attached hydrogens (tertiary/aromatic N) is 1. The van der Waals surface area contributed by atoms with Gasteiger partial charge in [0, 0.05) is 19.1 Å². The lowest BCUT2D eigenvalue weighted by atomic mass is 10.2. The maximum atomic E-state index is 11.8. The van der Waals surface area contributed by atoms with E-state index in [-0.39, 0.29) is 5.91 Å². The van der Waals surface area contributed by atoms with Crippen LogP contribution in [-0.4, -0.2) is 43.0 Å². The summed E-state index contributed by atoms with van der Waals surface area (Å²) in [4.78, 5) is 14.0. The Morgan fingerprint density at radius 3 is 2.35 bits per heavy atom. The molecule has 0 fully saturated rings. The Labute approximate surface area is 106 Å². The second kappa shape index (κ2) is 10.5. The Morgan fingerprint density at radius 1 is 1.24 bits per heavy atom. The maximum absolute atomic E-state index is 11.8. The molecule has 0 aliphatic rings. The molecule has 1 amide bonds. The molecule has 0 spiro atoms. The molecule has 0 radical (unpaired) electrons. The number of carbonyl (C=O) groups is 1. The van der Waals surface area contributed by atoms with Crippen molar-refractivity contribution in [3.63, 3.8) is 0 Å². The van der Waals surface area contributed by atoms with E-state index < -0.39 is 0 Å². The predicted octanol–water partition coefficient (Wildman–Crippen LogP) is 1.35. The number of hydrogen-bond acceptors (Lipinski definition) is 3. The number of nitrogens with one attached hydrogen (secondary N) is 1. The van der Waals surface area contributed by atoms with Gasteiger partial charge in [0.05, 0.1) is 6.54 Å². The lowest BCUT2D eigenvalue weighted by molar-refractivity contribution is -0.123. The van der Waals surface area contributed by atoms with Crippen molar-refractivity contribution >= 4 is 5.91 Å². The third kappa shape index (κ3) is 8.16. The highest BCUT2D eigenvalue weighted by atomic mass is 16.2. The van der Waals surface area contributed by atoms with Crippen LogP contribution < -0.4 is 11.1 Å². The number of amides is 1. The smallest absolute Gasteiger partial charge is 0.234 e. The molecule has 0 aliphatic heterocycles. The predicted molar refractivity (Wildman–Crippen MR) is 72.9 cm³/mol. The van der Waals surface area contributed by atoms with Crippen molar-refractivity contribution in [2.24, 2.45) is 5.73 Å². The summed E-state index contributed by atoms with van der Waals surface area (Å²) in [5.41, 5.74) is 5.56. The average Bonchev–Trinajstić information content (AvgIpc) is 2.33. The lowest BCUT2D eigenvalue weighted by Gasteiger charge is -2.22. The third-order valence-electron chi connectivity index (χ3n) is 2.99. The molecule has 0 rings (SSSR count). The van der Waals surface area contributed by atoms with E-state index >= 15 is 0 Å². The largest absolute Gasteiger partial charge is 0.352 e. The van der Waals surface area contributed by atoms with Crippen LogP contribution in [0.15, 0.2) is 0 Å². The van der Waals surface area contributed by atoms with Crippen molar-refractivity contribution in [2.75, 3.05) is 26.2 Å². The minimum absolute atomic E-state index is 0.128. The molecule has 0 aromatic heterocycles. The van der Waals surface area contributed by atoms with Crippen LogP contribution in [0.5, 0.6) is 0 Å². The van der Waals surface area contributed by atoms with Crippen molar-refractivity contribution in [2.45, 2.75) is 52.5 Å². The summed E-state index contributed by atoms with van der Waals surface area (Å²) in [6, 6.07) is 0.313. The van der Waals surface area contributed by atoms with Crippen LogP contribution in [0.1, 0.15) is 46.5 Å². The monoisotopic (exact) mass is 243 g/mol. The van der Waals surface area contributed by atoms with Gasteiger partial charge in [0.25, 0.3) is 0 Å². The van der Waals surface area contributed by atoms with Crippen molar-refractivity contribution in [1.29, 1.82) is 0 Å². The van der Waals surface area contributed by atoms with E-state index in [2.05, 4.69) is 31.0 Å². The van der Waals surface area contributed by atoms with Crippen LogP contribution in [0.3, 0.4) is 0 Å². The molecule has 0 heterocycles. The fourth-order valence-electron chi connectivity index (χ4n) is 1.80. The minimum Gasteiger partial charge on any atom is -0.352 e. The van der Waals surface area contributed by atoms with Crippen molar-refractivity contribution < 1.29 is 4.79 Å². The Hall–Kier alpha value is -0.610. The van der Waals surface area contributed by atoms with E-state index in [0.717, 1.165) is 38.8 Å². The Bertz CT molecular complexity index is 193. The summed E-state index contributed by atoms with van der Waals surface area (Å²) in [6.07, 6.45) is 4.26.